The van der Waals surface area contributed by atoms with Gasteiger partial charge in [0.25, 0.3) is 0 Å². The van der Waals surface area contributed by atoms with Crippen molar-refractivity contribution in [3.05, 3.63) is 83.7 Å². The molecule has 0 bridgehead atoms. The average Bonchev–Trinajstić information content (AvgIpc) is 2.67. The van der Waals surface area contributed by atoms with Crippen LogP contribution in [0.25, 0.3) is 11.4 Å². The number of nitrogens with one attached hydrogen (secondary N) is 1. The van der Waals surface area contributed by atoms with Crippen LogP contribution < -0.4 is 5.32 Å². The molecule has 5 heteroatoms. The number of carbonyl (C=O) groups is 1. The van der Waals surface area contributed by atoms with Gasteiger partial charge in [-0.2, -0.15) is 12.6 Å². The third-order valence-corrected chi connectivity index (χ3v) is 3.78. The standard InChI is InChI=1S/C12H12N2.C9H11NOS/c1-9-8-10(2)14-12(13-9)11-6-4-3-5-7-11;11-9(7-12)10-6-8-4-2-1-3-5-8/h3-8H,1-2H3;1-5,12H,6-7H2,(H,10,11). The molecule has 0 unspecified atom stereocenters. The number of benzene rings is 2. The van der Waals surface area contributed by atoms with Gasteiger partial charge >= 0.3 is 0 Å². The molecule has 1 aromatic heterocycles. The summed E-state index contributed by atoms with van der Waals surface area (Å²) in [5.41, 5.74) is 4.19. The van der Waals surface area contributed by atoms with Crippen LogP contribution in [0.5, 0.6) is 0 Å². The summed E-state index contributed by atoms with van der Waals surface area (Å²) in [6.07, 6.45) is 0. The molecule has 0 aliphatic rings. The molecular weight excluding hydrogens is 342 g/mol. The van der Waals surface area contributed by atoms with E-state index in [0.717, 1.165) is 28.3 Å². The van der Waals surface area contributed by atoms with Gasteiger partial charge in [0, 0.05) is 23.5 Å². The van der Waals surface area contributed by atoms with Gasteiger partial charge in [0.1, 0.15) is 0 Å². The number of aromatic nitrogens is 2. The molecule has 0 spiro atoms. The van der Waals surface area contributed by atoms with Gasteiger partial charge in [-0.15, -0.1) is 0 Å². The normalized spacial score (nSPS) is 9.81. The summed E-state index contributed by atoms with van der Waals surface area (Å²) >= 11 is 3.85. The van der Waals surface area contributed by atoms with Crippen molar-refractivity contribution in [3.63, 3.8) is 0 Å². The van der Waals surface area contributed by atoms with Gasteiger partial charge < -0.3 is 5.32 Å². The Kier molecular flexibility index (Phi) is 7.83. The molecule has 4 nitrogen and oxygen atoms in total. The molecule has 3 rings (SSSR count). The van der Waals surface area contributed by atoms with Crippen molar-refractivity contribution in [1.82, 2.24) is 15.3 Å². The second kappa shape index (κ2) is 10.4. The Hall–Kier alpha value is -2.66. The highest BCUT2D eigenvalue weighted by Crippen LogP contribution is 2.14. The van der Waals surface area contributed by atoms with E-state index in [1.165, 1.54) is 0 Å². The van der Waals surface area contributed by atoms with Crippen LogP contribution in [0.1, 0.15) is 17.0 Å². The van der Waals surface area contributed by atoms with Gasteiger partial charge in [0.15, 0.2) is 5.82 Å². The van der Waals surface area contributed by atoms with E-state index >= 15 is 0 Å². The van der Waals surface area contributed by atoms with E-state index in [0.29, 0.717) is 6.54 Å². The zero-order valence-corrected chi connectivity index (χ0v) is 15.9. The molecule has 1 N–H and O–H groups in total. The lowest BCUT2D eigenvalue weighted by molar-refractivity contribution is -0.118. The Balaban J connectivity index is 0.000000190. The van der Waals surface area contributed by atoms with E-state index in [4.69, 9.17) is 0 Å². The number of carbonyl (C=O) groups excluding carboxylic acids is 1. The Bertz CT molecular complexity index is 803. The average molecular weight is 366 g/mol. The predicted molar refractivity (Wildman–Crippen MR) is 109 cm³/mol. The van der Waals surface area contributed by atoms with E-state index in [1.807, 2.05) is 80.6 Å². The maximum Gasteiger partial charge on any atom is 0.229 e. The summed E-state index contributed by atoms with van der Waals surface area (Å²) in [7, 11) is 0. The fourth-order valence-electron chi connectivity index (χ4n) is 2.29. The van der Waals surface area contributed by atoms with Crippen molar-refractivity contribution in [2.75, 3.05) is 5.75 Å². The number of nitrogens with zero attached hydrogens (tertiary/aromatic N) is 2. The molecule has 26 heavy (non-hydrogen) atoms. The number of amides is 1. The van der Waals surface area contributed by atoms with Crippen molar-refractivity contribution in [2.24, 2.45) is 0 Å². The Morgan fingerprint density at radius 1 is 0.923 bits per heavy atom. The van der Waals surface area contributed by atoms with E-state index in [2.05, 4.69) is 27.9 Å². The molecule has 1 amide bonds. The molecule has 0 radical (unpaired) electrons. The lowest BCUT2D eigenvalue weighted by atomic mass is 10.2. The van der Waals surface area contributed by atoms with Crippen LogP contribution >= 0.6 is 12.6 Å². The smallest absolute Gasteiger partial charge is 0.229 e. The maximum atomic E-state index is 10.8. The van der Waals surface area contributed by atoms with Crippen LogP contribution in [0.4, 0.5) is 0 Å². The Morgan fingerprint density at radius 2 is 1.46 bits per heavy atom. The van der Waals surface area contributed by atoms with Gasteiger partial charge in [-0.3, -0.25) is 4.79 Å². The lowest BCUT2D eigenvalue weighted by Crippen LogP contribution is -2.23. The fraction of sp³-hybridized carbons (Fsp3) is 0.190. The van der Waals surface area contributed by atoms with Crippen molar-refractivity contribution in [1.29, 1.82) is 0 Å². The monoisotopic (exact) mass is 365 g/mol. The predicted octanol–water partition coefficient (Wildman–Crippen LogP) is 3.99. The summed E-state index contributed by atoms with van der Waals surface area (Å²) in [6.45, 7) is 4.56. The largest absolute Gasteiger partial charge is 0.351 e. The number of aryl methyl sites for hydroxylation is 2. The lowest BCUT2D eigenvalue weighted by Gasteiger charge is -2.02. The molecule has 0 aliphatic carbocycles. The third-order valence-electron chi connectivity index (χ3n) is 3.49. The molecule has 0 aliphatic heterocycles. The van der Waals surface area contributed by atoms with Gasteiger partial charge in [-0.1, -0.05) is 60.7 Å². The van der Waals surface area contributed by atoms with E-state index < -0.39 is 0 Å². The van der Waals surface area contributed by atoms with Crippen LogP contribution in [-0.2, 0) is 11.3 Å². The minimum absolute atomic E-state index is 0.0396. The first kappa shape index (κ1) is 19.7. The summed E-state index contributed by atoms with van der Waals surface area (Å²) < 4.78 is 0. The molecule has 0 atom stereocenters. The minimum atomic E-state index is -0.0396. The van der Waals surface area contributed by atoms with E-state index in [9.17, 15) is 4.79 Å². The number of hydrogen-bond donors (Lipinski definition) is 2. The fourth-order valence-corrected chi connectivity index (χ4v) is 2.41. The molecule has 0 saturated heterocycles. The highest BCUT2D eigenvalue weighted by atomic mass is 32.1. The molecule has 0 saturated carbocycles. The molecule has 3 aromatic rings. The van der Waals surface area contributed by atoms with Crippen LogP contribution in [0.2, 0.25) is 0 Å². The molecule has 134 valence electrons. The number of rotatable bonds is 4. The summed E-state index contributed by atoms with van der Waals surface area (Å²) in [4.78, 5) is 19.6. The second-order valence-corrected chi connectivity index (χ2v) is 6.08. The van der Waals surface area contributed by atoms with Crippen LogP contribution in [0.15, 0.2) is 66.7 Å². The molecule has 1 heterocycles. The van der Waals surface area contributed by atoms with Crippen LogP contribution in [-0.4, -0.2) is 21.6 Å². The Labute approximate surface area is 160 Å². The summed E-state index contributed by atoms with van der Waals surface area (Å²) in [6, 6.07) is 21.8. The summed E-state index contributed by atoms with van der Waals surface area (Å²) in [5, 5.41) is 2.73. The molecular formula is C21H23N3OS. The highest BCUT2D eigenvalue weighted by Gasteiger charge is 2.01. The van der Waals surface area contributed by atoms with Gasteiger partial charge in [-0.05, 0) is 25.5 Å². The van der Waals surface area contributed by atoms with Crippen LogP contribution in [0.3, 0.4) is 0 Å². The quantitative estimate of drug-likeness (QED) is 0.687. The van der Waals surface area contributed by atoms with Crippen molar-refractivity contribution in [2.45, 2.75) is 20.4 Å². The molecule has 0 fully saturated rings. The minimum Gasteiger partial charge on any atom is -0.351 e. The Morgan fingerprint density at radius 3 is 2.00 bits per heavy atom. The van der Waals surface area contributed by atoms with Gasteiger partial charge in [0.2, 0.25) is 5.91 Å². The number of thiol groups is 1. The second-order valence-electron chi connectivity index (χ2n) is 5.76. The zero-order valence-electron chi connectivity index (χ0n) is 15.0. The van der Waals surface area contributed by atoms with Crippen LogP contribution in [0, 0.1) is 13.8 Å². The first-order valence-electron chi connectivity index (χ1n) is 8.37. The zero-order chi connectivity index (χ0) is 18.8. The van der Waals surface area contributed by atoms with E-state index in [-0.39, 0.29) is 11.7 Å². The first-order valence-corrected chi connectivity index (χ1v) is 9.01. The van der Waals surface area contributed by atoms with Gasteiger partial charge in [-0.25, -0.2) is 9.97 Å². The van der Waals surface area contributed by atoms with Crippen molar-refractivity contribution in [3.8, 4) is 11.4 Å². The van der Waals surface area contributed by atoms with E-state index in [1.54, 1.807) is 0 Å². The van der Waals surface area contributed by atoms with Crippen molar-refractivity contribution < 1.29 is 4.79 Å². The first-order chi connectivity index (χ1) is 12.6. The third kappa shape index (κ3) is 6.69. The highest BCUT2D eigenvalue weighted by molar-refractivity contribution is 7.81. The summed E-state index contributed by atoms with van der Waals surface area (Å²) in [5.74, 6) is 1.01. The topological polar surface area (TPSA) is 54.9 Å². The maximum absolute atomic E-state index is 10.8. The van der Waals surface area contributed by atoms with Gasteiger partial charge in [0.05, 0.1) is 5.75 Å². The number of hydrogen-bond acceptors (Lipinski definition) is 4. The molecule has 2 aromatic carbocycles. The van der Waals surface area contributed by atoms with Crippen molar-refractivity contribution >= 4 is 18.5 Å². The SMILES string of the molecule is Cc1cc(C)nc(-c2ccccc2)n1.O=C(CS)NCc1ccccc1.